The third-order valence-electron chi connectivity index (χ3n) is 1.72. The molecule has 0 saturated heterocycles. The van der Waals surface area contributed by atoms with Crippen molar-refractivity contribution in [3.8, 4) is 5.75 Å². The summed E-state index contributed by atoms with van der Waals surface area (Å²) in [4.78, 5) is 10.5. The molecule has 0 spiro atoms. The Bertz CT molecular complexity index is 359. The lowest BCUT2D eigenvalue weighted by Crippen LogP contribution is -2.20. The van der Waals surface area contributed by atoms with Crippen LogP contribution >= 0.6 is 0 Å². The second-order valence-corrected chi connectivity index (χ2v) is 3.03. The molecule has 1 aromatic rings. The average molecular weight is 221 g/mol. The van der Waals surface area contributed by atoms with Gasteiger partial charge in [0, 0.05) is 5.56 Å². The minimum Gasteiger partial charge on any atom is -0.483 e. The van der Waals surface area contributed by atoms with E-state index in [9.17, 15) is 4.79 Å². The lowest BCUT2D eigenvalue weighted by Gasteiger charge is -2.09. The highest BCUT2D eigenvalue weighted by molar-refractivity contribution is 5.76. The predicted molar refractivity (Wildman–Crippen MR) is 67.2 cm³/mol. The third kappa shape index (κ3) is 4.64. The highest BCUT2D eigenvalue weighted by atomic mass is 16.5. The topological polar surface area (TPSA) is 52.3 Å². The first-order valence-electron chi connectivity index (χ1n) is 5.27. The van der Waals surface area contributed by atoms with Gasteiger partial charge in [0.2, 0.25) is 0 Å². The molecule has 88 valence electrons. The molecule has 0 aliphatic rings. The molecule has 16 heavy (non-hydrogen) atoms. The molecule has 3 nitrogen and oxygen atoms in total. The van der Waals surface area contributed by atoms with E-state index < -0.39 is 5.91 Å². The predicted octanol–water partition coefficient (Wildman–Crippen LogP) is 2.61. The maximum Gasteiger partial charge on any atom is 0.255 e. The Morgan fingerprint density at radius 1 is 1.38 bits per heavy atom. The van der Waals surface area contributed by atoms with Crippen molar-refractivity contribution < 1.29 is 9.53 Å². The van der Waals surface area contributed by atoms with Crippen molar-refractivity contribution in [2.45, 2.75) is 20.8 Å². The fraction of sp³-hybridized carbons (Fsp3) is 0.308. The van der Waals surface area contributed by atoms with Crippen molar-refractivity contribution in [1.82, 2.24) is 0 Å². The normalized spacial score (nSPS) is 8.69. The highest BCUT2D eigenvalue weighted by Gasteiger charge is 2.04. The van der Waals surface area contributed by atoms with Gasteiger partial charge in [0.15, 0.2) is 6.61 Å². The van der Waals surface area contributed by atoms with E-state index >= 15 is 0 Å². The van der Waals surface area contributed by atoms with Crippen molar-refractivity contribution in [3.05, 3.63) is 36.4 Å². The summed E-state index contributed by atoms with van der Waals surface area (Å²) in [5, 5.41) is 0. The summed E-state index contributed by atoms with van der Waals surface area (Å²) in [7, 11) is 0. The van der Waals surface area contributed by atoms with Gasteiger partial charge in [0.25, 0.3) is 5.91 Å². The second kappa shape index (κ2) is 7.51. The monoisotopic (exact) mass is 221 g/mol. The maximum absolute atomic E-state index is 10.5. The van der Waals surface area contributed by atoms with Crippen LogP contribution in [0, 0.1) is 0 Å². The Morgan fingerprint density at radius 2 is 1.94 bits per heavy atom. The summed E-state index contributed by atoms with van der Waals surface area (Å²) >= 11 is 0. The van der Waals surface area contributed by atoms with Gasteiger partial charge in [-0.3, -0.25) is 4.79 Å². The van der Waals surface area contributed by atoms with E-state index in [1.54, 1.807) is 6.07 Å². The summed E-state index contributed by atoms with van der Waals surface area (Å²) in [6.45, 7) is 9.59. The standard InChI is InChI=1S/C11H13NO2.C2H6/c1-8(2)9-5-3-4-6-10(9)14-7-11(12)13;1-2/h3-6H,1,7H2,2H3,(H2,12,13);1-2H3. The number of rotatable bonds is 4. The zero-order valence-corrected chi connectivity index (χ0v) is 10.1. The molecule has 0 bridgehead atoms. The van der Waals surface area contributed by atoms with E-state index in [1.165, 1.54) is 0 Å². The van der Waals surface area contributed by atoms with Crippen molar-refractivity contribution >= 4 is 11.5 Å². The van der Waals surface area contributed by atoms with E-state index in [1.807, 2.05) is 39.0 Å². The number of carbonyl (C=O) groups excluding carboxylic acids is 1. The molecule has 1 amide bonds. The van der Waals surface area contributed by atoms with Gasteiger partial charge < -0.3 is 10.5 Å². The van der Waals surface area contributed by atoms with Gasteiger partial charge in [-0.2, -0.15) is 0 Å². The number of para-hydroxylation sites is 1. The Kier molecular flexibility index (Phi) is 6.68. The Hall–Kier alpha value is -1.77. The Balaban J connectivity index is 0.00000106. The molecule has 2 N–H and O–H groups in total. The van der Waals surface area contributed by atoms with Crippen molar-refractivity contribution in [1.29, 1.82) is 0 Å². The molecule has 0 unspecified atom stereocenters. The zero-order valence-electron chi connectivity index (χ0n) is 10.1. The van der Waals surface area contributed by atoms with Crippen LogP contribution in [0.25, 0.3) is 5.57 Å². The quantitative estimate of drug-likeness (QED) is 0.849. The maximum atomic E-state index is 10.5. The molecule has 0 saturated carbocycles. The average Bonchev–Trinajstić information content (AvgIpc) is 2.29. The van der Waals surface area contributed by atoms with Crippen LogP contribution in [0.4, 0.5) is 0 Å². The first-order chi connectivity index (χ1) is 7.61. The number of nitrogens with two attached hydrogens (primary N) is 1. The molecule has 1 aromatic carbocycles. The molecule has 0 atom stereocenters. The van der Waals surface area contributed by atoms with Gasteiger partial charge in [0.05, 0.1) is 0 Å². The number of carbonyl (C=O) groups is 1. The lowest BCUT2D eigenvalue weighted by molar-refractivity contribution is -0.119. The number of amides is 1. The number of ether oxygens (including phenoxy) is 1. The summed E-state index contributed by atoms with van der Waals surface area (Å²) in [6.07, 6.45) is 0. The van der Waals surface area contributed by atoms with Gasteiger partial charge >= 0.3 is 0 Å². The molecular formula is C13H19NO2. The molecule has 0 aliphatic carbocycles. The van der Waals surface area contributed by atoms with Gasteiger partial charge in [-0.05, 0) is 18.6 Å². The molecule has 3 heteroatoms. The largest absolute Gasteiger partial charge is 0.483 e. The summed E-state index contributed by atoms with van der Waals surface area (Å²) in [5.41, 5.74) is 6.77. The first kappa shape index (κ1) is 14.2. The summed E-state index contributed by atoms with van der Waals surface area (Å²) < 4.78 is 5.22. The van der Waals surface area contributed by atoms with Crippen molar-refractivity contribution in [2.75, 3.05) is 6.61 Å². The fourth-order valence-corrected chi connectivity index (χ4v) is 1.09. The molecule has 1 rings (SSSR count). The third-order valence-corrected chi connectivity index (χ3v) is 1.72. The van der Waals surface area contributed by atoms with Gasteiger partial charge in [-0.25, -0.2) is 0 Å². The molecular weight excluding hydrogens is 202 g/mol. The first-order valence-corrected chi connectivity index (χ1v) is 5.27. The highest BCUT2D eigenvalue weighted by Crippen LogP contribution is 2.23. The van der Waals surface area contributed by atoms with Crippen LogP contribution in [0.1, 0.15) is 26.3 Å². The SMILES string of the molecule is C=C(C)c1ccccc1OCC(N)=O.CC. The van der Waals surface area contributed by atoms with Crippen molar-refractivity contribution in [3.63, 3.8) is 0 Å². The van der Waals surface area contributed by atoms with Gasteiger partial charge in [0.1, 0.15) is 5.75 Å². The number of primary amides is 1. The molecule has 0 aromatic heterocycles. The van der Waals surface area contributed by atoms with Crippen LogP contribution in [-0.2, 0) is 4.79 Å². The van der Waals surface area contributed by atoms with E-state index in [4.69, 9.17) is 10.5 Å². The van der Waals surface area contributed by atoms with E-state index in [0.717, 1.165) is 11.1 Å². The van der Waals surface area contributed by atoms with Crippen LogP contribution < -0.4 is 10.5 Å². The van der Waals surface area contributed by atoms with Crippen LogP contribution in [-0.4, -0.2) is 12.5 Å². The van der Waals surface area contributed by atoms with E-state index in [0.29, 0.717) is 5.75 Å². The van der Waals surface area contributed by atoms with Crippen LogP contribution in [0.3, 0.4) is 0 Å². The number of benzene rings is 1. The lowest BCUT2D eigenvalue weighted by atomic mass is 10.1. The number of hydrogen-bond acceptors (Lipinski definition) is 2. The summed E-state index contributed by atoms with van der Waals surface area (Å²) in [6, 6.07) is 7.40. The molecule has 0 aliphatic heterocycles. The van der Waals surface area contributed by atoms with Crippen LogP contribution in [0.2, 0.25) is 0 Å². The molecule has 0 heterocycles. The zero-order chi connectivity index (χ0) is 12.6. The van der Waals surface area contributed by atoms with E-state index in [-0.39, 0.29) is 6.61 Å². The van der Waals surface area contributed by atoms with E-state index in [2.05, 4.69) is 6.58 Å². The molecule has 0 fully saturated rings. The summed E-state index contributed by atoms with van der Waals surface area (Å²) in [5.74, 6) is 0.153. The van der Waals surface area contributed by atoms with Crippen LogP contribution in [0.15, 0.2) is 30.8 Å². The van der Waals surface area contributed by atoms with Crippen molar-refractivity contribution in [2.24, 2.45) is 5.73 Å². The fourth-order valence-electron chi connectivity index (χ4n) is 1.09. The molecule has 0 radical (unpaired) electrons. The second-order valence-electron chi connectivity index (χ2n) is 3.03. The van der Waals surface area contributed by atoms with Gasteiger partial charge in [-0.1, -0.05) is 38.6 Å². The Labute approximate surface area is 96.9 Å². The minimum atomic E-state index is -0.485. The Morgan fingerprint density at radius 3 is 2.44 bits per heavy atom. The van der Waals surface area contributed by atoms with Gasteiger partial charge in [-0.15, -0.1) is 0 Å². The number of hydrogen-bond donors (Lipinski definition) is 1. The minimum absolute atomic E-state index is 0.107. The van der Waals surface area contributed by atoms with Crippen LogP contribution in [0.5, 0.6) is 5.75 Å². The number of allylic oxidation sites excluding steroid dienone is 1. The smallest absolute Gasteiger partial charge is 0.255 e.